The van der Waals surface area contributed by atoms with E-state index in [-0.39, 0.29) is 29.2 Å². The van der Waals surface area contributed by atoms with Crippen molar-refractivity contribution < 1.29 is 13.9 Å². The van der Waals surface area contributed by atoms with Gasteiger partial charge in [0.1, 0.15) is 11.6 Å². The molecule has 2 atom stereocenters. The Morgan fingerprint density at radius 2 is 1.71 bits per heavy atom. The SMILES string of the molecule is COc1ccc(C(=O)C(C)N2CCCC(n3nc(Cc4ccc(F)cc4)c4ccccc4c3=O)CC2)cc1. The number of hydrogen-bond donors (Lipinski definition) is 0. The molecule has 1 aromatic heterocycles. The summed E-state index contributed by atoms with van der Waals surface area (Å²) < 4.78 is 20.3. The molecule has 3 aromatic carbocycles. The topological polar surface area (TPSA) is 64.4 Å². The number of carbonyl (C=O) groups is 1. The van der Waals surface area contributed by atoms with Crippen molar-refractivity contribution in [1.82, 2.24) is 14.7 Å². The third kappa shape index (κ3) is 5.38. The minimum absolute atomic E-state index is 0.0626. The van der Waals surface area contributed by atoms with Crippen LogP contribution < -0.4 is 10.3 Å². The van der Waals surface area contributed by atoms with Crippen molar-refractivity contribution in [1.29, 1.82) is 0 Å². The van der Waals surface area contributed by atoms with Gasteiger partial charge in [-0.05, 0) is 80.8 Å². The van der Waals surface area contributed by atoms with Gasteiger partial charge in [0.25, 0.3) is 5.56 Å². The molecular formula is C31H32FN3O3. The highest BCUT2D eigenvalue weighted by molar-refractivity contribution is 5.99. The van der Waals surface area contributed by atoms with Crippen LogP contribution in [0.3, 0.4) is 0 Å². The second-order valence-corrected chi connectivity index (χ2v) is 9.93. The smallest absolute Gasteiger partial charge is 0.274 e. The van der Waals surface area contributed by atoms with Crippen molar-refractivity contribution >= 4 is 16.6 Å². The molecule has 0 aliphatic carbocycles. The fourth-order valence-corrected chi connectivity index (χ4v) is 5.34. The molecule has 0 radical (unpaired) electrons. The predicted octanol–water partition coefficient (Wildman–Crippen LogP) is 5.43. The minimum atomic E-state index is -0.278. The third-order valence-electron chi connectivity index (χ3n) is 7.57. The average molecular weight is 514 g/mol. The van der Waals surface area contributed by atoms with Crippen molar-refractivity contribution in [2.24, 2.45) is 0 Å². The predicted molar refractivity (Wildman–Crippen MR) is 146 cm³/mol. The van der Waals surface area contributed by atoms with Crippen LogP contribution in [-0.4, -0.2) is 46.7 Å². The first kappa shape index (κ1) is 25.8. The van der Waals surface area contributed by atoms with Crippen LogP contribution in [0.1, 0.15) is 53.8 Å². The second-order valence-electron chi connectivity index (χ2n) is 9.93. The molecule has 0 amide bonds. The first-order valence-electron chi connectivity index (χ1n) is 13.1. The summed E-state index contributed by atoms with van der Waals surface area (Å²) in [6, 6.07) is 20.9. The van der Waals surface area contributed by atoms with Crippen LogP contribution in [0.25, 0.3) is 10.8 Å². The third-order valence-corrected chi connectivity index (χ3v) is 7.57. The van der Waals surface area contributed by atoms with Crippen LogP contribution >= 0.6 is 0 Å². The standard InChI is InChI=1S/C31H32FN3O3/c1-21(30(36)23-11-15-26(38-2)16-12-23)34-18-5-6-25(17-19-34)35-31(37)28-8-4-3-7-27(28)29(33-35)20-22-9-13-24(32)14-10-22/h3-4,7-16,21,25H,5-6,17-20H2,1-2H3. The van der Waals surface area contributed by atoms with Gasteiger partial charge < -0.3 is 4.74 Å². The van der Waals surface area contributed by atoms with Crippen LogP contribution in [0.4, 0.5) is 4.39 Å². The number of halogens is 1. The van der Waals surface area contributed by atoms with E-state index in [0.29, 0.717) is 23.9 Å². The lowest BCUT2D eigenvalue weighted by atomic mass is 10.0. The molecule has 2 heterocycles. The number of Topliss-reactive ketones (excluding diaryl/α,β-unsaturated/α-hetero) is 1. The maximum atomic E-state index is 13.5. The molecule has 5 rings (SSSR count). The van der Waals surface area contributed by atoms with Gasteiger partial charge >= 0.3 is 0 Å². The van der Waals surface area contributed by atoms with Crippen molar-refractivity contribution in [3.63, 3.8) is 0 Å². The Morgan fingerprint density at radius 1 is 1.00 bits per heavy atom. The van der Waals surface area contributed by atoms with E-state index in [0.717, 1.165) is 48.2 Å². The zero-order valence-corrected chi connectivity index (χ0v) is 21.8. The normalized spacial score (nSPS) is 17.2. The lowest BCUT2D eigenvalue weighted by Gasteiger charge is -2.26. The first-order valence-corrected chi connectivity index (χ1v) is 13.1. The Balaban J connectivity index is 1.38. The van der Waals surface area contributed by atoms with E-state index in [1.807, 2.05) is 31.2 Å². The number of methoxy groups -OCH3 is 1. The van der Waals surface area contributed by atoms with E-state index in [2.05, 4.69) is 4.90 Å². The molecule has 0 saturated carbocycles. The second kappa shape index (κ2) is 11.3. The summed E-state index contributed by atoms with van der Waals surface area (Å²) in [5, 5.41) is 6.33. The molecule has 2 unspecified atom stereocenters. The lowest BCUT2D eigenvalue weighted by Crippen LogP contribution is -2.40. The van der Waals surface area contributed by atoms with Crippen molar-refractivity contribution in [3.8, 4) is 5.75 Å². The highest BCUT2D eigenvalue weighted by Gasteiger charge is 2.27. The van der Waals surface area contributed by atoms with Crippen LogP contribution in [0, 0.1) is 5.82 Å². The molecule has 1 saturated heterocycles. The quantitative estimate of drug-likeness (QED) is 0.308. The molecule has 7 heteroatoms. The highest BCUT2D eigenvalue weighted by Crippen LogP contribution is 2.25. The van der Waals surface area contributed by atoms with E-state index >= 15 is 0 Å². The number of rotatable bonds is 7. The van der Waals surface area contributed by atoms with Gasteiger partial charge in [-0.15, -0.1) is 0 Å². The average Bonchev–Trinajstić information content (AvgIpc) is 3.21. The van der Waals surface area contributed by atoms with Crippen LogP contribution in [0.2, 0.25) is 0 Å². The van der Waals surface area contributed by atoms with Crippen LogP contribution in [0.15, 0.2) is 77.6 Å². The molecule has 0 bridgehead atoms. The van der Waals surface area contributed by atoms with E-state index in [1.54, 1.807) is 48.2 Å². The molecule has 1 aliphatic rings. The number of nitrogens with zero attached hydrogens (tertiary/aromatic N) is 3. The Bertz CT molecular complexity index is 1480. The molecule has 6 nitrogen and oxygen atoms in total. The van der Waals surface area contributed by atoms with E-state index < -0.39 is 0 Å². The fraction of sp³-hybridized carbons (Fsp3) is 0.323. The number of fused-ring (bicyclic) bond motifs is 1. The van der Waals surface area contributed by atoms with Crippen molar-refractivity contribution in [2.75, 3.05) is 20.2 Å². The van der Waals surface area contributed by atoms with Gasteiger partial charge in [0.15, 0.2) is 5.78 Å². The van der Waals surface area contributed by atoms with E-state index in [1.165, 1.54) is 12.1 Å². The van der Waals surface area contributed by atoms with Crippen molar-refractivity contribution in [3.05, 3.63) is 106 Å². The number of ketones is 1. The molecule has 1 aliphatic heterocycles. The number of aromatic nitrogens is 2. The van der Waals surface area contributed by atoms with Crippen LogP contribution in [0.5, 0.6) is 5.75 Å². The summed E-state index contributed by atoms with van der Waals surface area (Å²) >= 11 is 0. The monoisotopic (exact) mass is 513 g/mol. The molecule has 4 aromatic rings. The number of ether oxygens (including phenoxy) is 1. The zero-order valence-electron chi connectivity index (χ0n) is 21.8. The summed E-state index contributed by atoms with van der Waals surface area (Å²) in [5.74, 6) is 0.520. The summed E-state index contributed by atoms with van der Waals surface area (Å²) in [6.07, 6.45) is 2.90. The van der Waals surface area contributed by atoms with Gasteiger partial charge in [0, 0.05) is 23.9 Å². The minimum Gasteiger partial charge on any atom is -0.497 e. The zero-order chi connectivity index (χ0) is 26.6. The van der Waals surface area contributed by atoms with Crippen LogP contribution in [-0.2, 0) is 6.42 Å². The molecule has 0 N–H and O–H groups in total. The number of benzene rings is 3. The van der Waals surface area contributed by atoms with E-state index in [4.69, 9.17) is 9.84 Å². The molecular weight excluding hydrogens is 481 g/mol. The molecule has 1 fully saturated rings. The first-order chi connectivity index (χ1) is 18.4. The van der Waals surface area contributed by atoms with Gasteiger partial charge in [-0.3, -0.25) is 14.5 Å². The Labute approximate surface area is 221 Å². The van der Waals surface area contributed by atoms with Gasteiger partial charge in [0.05, 0.1) is 30.3 Å². The maximum Gasteiger partial charge on any atom is 0.274 e. The summed E-state index contributed by atoms with van der Waals surface area (Å²) in [7, 11) is 1.61. The Hall–Kier alpha value is -3.84. The molecule has 38 heavy (non-hydrogen) atoms. The summed E-state index contributed by atoms with van der Waals surface area (Å²) in [5.41, 5.74) is 2.31. The van der Waals surface area contributed by atoms with E-state index in [9.17, 15) is 14.0 Å². The highest BCUT2D eigenvalue weighted by atomic mass is 19.1. The van der Waals surface area contributed by atoms with Crippen molar-refractivity contribution in [2.45, 2.75) is 44.7 Å². The fourth-order valence-electron chi connectivity index (χ4n) is 5.34. The van der Waals surface area contributed by atoms with Gasteiger partial charge in [0.2, 0.25) is 0 Å². The van der Waals surface area contributed by atoms with Gasteiger partial charge in [-0.1, -0.05) is 30.3 Å². The Morgan fingerprint density at radius 3 is 2.42 bits per heavy atom. The number of hydrogen-bond acceptors (Lipinski definition) is 5. The van der Waals surface area contributed by atoms with Gasteiger partial charge in [-0.2, -0.15) is 5.10 Å². The number of carbonyl (C=O) groups excluding carboxylic acids is 1. The summed E-state index contributed by atoms with van der Waals surface area (Å²) in [6.45, 7) is 3.43. The molecule has 196 valence electrons. The molecule has 0 spiro atoms. The summed E-state index contributed by atoms with van der Waals surface area (Å²) in [4.78, 5) is 28.9. The number of likely N-dealkylation sites (tertiary alicyclic amines) is 1. The van der Waals surface area contributed by atoms with Gasteiger partial charge in [-0.25, -0.2) is 9.07 Å². The maximum absolute atomic E-state index is 13.5. The largest absolute Gasteiger partial charge is 0.497 e. The lowest BCUT2D eigenvalue weighted by molar-refractivity contribution is 0.0841. The Kier molecular flexibility index (Phi) is 7.65.